The molecule has 0 aliphatic heterocycles. The molecule has 9 heteroatoms. The van der Waals surface area contributed by atoms with Crippen LogP contribution in [0.3, 0.4) is 0 Å². The van der Waals surface area contributed by atoms with Crippen LogP contribution in [-0.4, -0.2) is 33.9 Å². The molecule has 0 bridgehead atoms. The second-order valence-corrected chi connectivity index (χ2v) is 6.37. The van der Waals surface area contributed by atoms with E-state index >= 15 is 0 Å². The molecule has 0 saturated heterocycles. The zero-order valence-electron chi connectivity index (χ0n) is 13.8. The number of carbonyl (C=O) groups excluding carboxylic acids is 2. The topological polar surface area (TPSA) is 105 Å². The number of hydrogen-bond donors (Lipinski definition) is 3. The molecule has 0 saturated carbocycles. The number of anilines is 1. The third kappa shape index (κ3) is 4.08. The van der Waals surface area contributed by atoms with Gasteiger partial charge in [-0.05, 0) is 30.3 Å². The number of nitrogens with zero attached hydrogens (tertiary/aromatic N) is 2. The number of hydrogen-bond acceptors (Lipinski definition) is 6. The molecule has 0 aliphatic carbocycles. The third-order valence-corrected chi connectivity index (χ3v) is 4.59. The number of aromatic nitrogens is 2. The van der Waals surface area contributed by atoms with Crippen molar-refractivity contribution in [2.75, 3.05) is 12.4 Å². The monoisotopic (exact) mass is 372 g/mol. The molecule has 1 aromatic carbocycles. The van der Waals surface area contributed by atoms with Crippen LogP contribution in [0, 0.1) is 0 Å². The molecule has 3 aromatic rings. The van der Waals surface area contributed by atoms with Gasteiger partial charge < -0.3 is 10.1 Å². The van der Waals surface area contributed by atoms with E-state index in [0.717, 1.165) is 4.88 Å². The van der Waals surface area contributed by atoms with Gasteiger partial charge in [0.25, 0.3) is 5.91 Å². The number of methoxy groups -OCH3 is 1. The molecular formula is C17H16N4O4S. The Morgan fingerprint density at radius 2 is 2.12 bits per heavy atom. The Hall–Kier alpha value is -3.17. The fraction of sp³-hybridized carbons (Fsp3) is 0.118. The highest BCUT2D eigenvalue weighted by Gasteiger charge is 2.12. The van der Waals surface area contributed by atoms with Crippen molar-refractivity contribution in [2.45, 2.75) is 6.54 Å². The highest BCUT2D eigenvalue weighted by Crippen LogP contribution is 2.26. The van der Waals surface area contributed by atoms with Gasteiger partial charge in [0.1, 0.15) is 18.0 Å². The first-order valence-electron chi connectivity index (χ1n) is 7.61. The number of rotatable bonds is 6. The van der Waals surface area contributed by atoms with Crippen molar-refractivity contribution < 1.29 is 19.5 Å². The molecule has 0 fully saturated rings. The van der Waals surface area contributed by atoms with Crippen molar-refractivity contribution in [1.29, 1.82) is 0 Å². The van der Waals surface area contributed by atoms with Crippen LogP contribution in [0.5, 0.6) is 5.75 Å². The molecule has 0 radical (unpaired) electrons. The Morgan fingerprint density at radius 1 is 1.27 bits per heavy atom. The number of amides is 2. The maximum atomic E-state index is 12.2. The minimum atomic E-state index is -0.571. The maximum absolute atomic E-state index is 12.2. The molecule has 2 aromatic heterocycles. The molecule has 8 nitrogen and oxygen atoms in total. The summed E-state index contributed by atoms with van der Waals surface area (Å²) in [6.45, 7) is 0.0482. The quantitative estimate of drug-likeness (QED) is 0.455. The highest BCUT2D eigenvalue weighted by molar-refractivity contribution is 7.17. The fourth-order valence-corrected chi connectivity index (χ4v) is 3.14. The van der Waals surface area contributed by atoms with Gasteiger partial charge in [-0.15, -0.1) is 11.3 Å². The predicted molar refractivity (Wildman–Crippen MR) is 96.4 cm³/mol. The van der Waals surface area contributed by atoms with Crippen LogP contribution in [0.1, 0.15) is 9.67 Å². The second-order valence-electron chi connectivity index (χ2n) is 5.28. The van der Waals surface area contributed by atoms with E-state index < -0.39 is 5.91 Å². The zero-order chi connectivity index (χ0) is 18.5. The Bertz CT molecular complexity index is 934. The smallest absolute Gasteiger partial charge is 0.284 e. The first-order chi connectivity index (χ1) is 12.6. The fourth-order valence-electron chi connectivity index (χ4n) is 2.28. The number of thiophene rings is 1. The Kier molecular flexibility index (Phi) is 5.30. The predicted octanol–water partition coefficient (Wildman–Crippen LogP) is 2.38. The van der Waals surface area contributed by atoms with Crippen LogP contribution in [0.2, 0.25) is 0 Å². The lowest BCUT2D eigenvalue weighted by Crippen LogP contribution is -2.19. The lowest BCUT2D eigenvalue weighted by Gasteiger charge is -2.07. The molecule has 0 unspecified atom stereocenters. The standard InChI is InChI=1S/C17H16N4O4S/c1-25-12-4-2-3-11(9-12)18-16(22)10-21-8-7-13(19-21)14-5-6-15(26-14)17(23)20-24/h2-9,24H,10H2,1H3,(H,18,22)(H,20,23). The van der Waals surface area contributed by atoms with Crippen LogP contribution in [-0.2, 0) is 11.3 Å². The molecule has 3 N–H and O–H groups in total. The molecular weight excluding hydrogens is 356 g/mol. The van der Waals surface area contributed by atoms with Crippen molar-refractivity contribution in [3.05, 3.63) is 53.5 Å². The summed E-state index contributed by atoms with van der Waals surface area (Å²) in [7, 11) is 1.56. The normalized spacial score (nSPS) is 10.4. The summed E-state index contributed by atoms with van der Waals surface area (Å²) in [6.07, 6.45) is 1.69. The molecule has 2 amide bonds. The van der Waals surface area contributed by atoms with Crippen LogP contribution in [0.15, 0.2) is 48.7 Å². The summed E-state index contributed by atoms with van der Waals surface area (Å²) >= 11 is 1.20. The van der Waals surface area contributed by atoms with Gasteiger partial charge in [-0.3, -0.25) is 19.5 Å². The summed E-state index contributed by atoms with van der Waals surface area (Å²) < 4.78 is 6.63. The summed E-state index contributed by atoms with van der Waals surface area (Å²) in [4.78, 5) is 24.7. The average molecular weight is 372 g/mol. The maximum Gasteiger partial charge on any atom is 0.284 e. The number of ether oxygens (including phenoxy) is 1. The van der Waals surface area contributed by atoms with Gasteiger partial charge in [0.2, 0.25) is 5.91 Å². The van der Waals surface area contributed by atoms with E-state index in [-0.39, 0.29) is 12.5 Å². The van der Waals surface area contributed by atoms with E-state index in [9.17, 15) is 9.59 Å². The number of carbonyl (C=O) groups is 2. The molecule has 0 atom stereocenters. The molecule has 2 heterocycles. The van der Waals surface area contributed by atoms with E-state index in [1.807, 2.05) is 0 Å². The van der Waals surface area contributed by atoms with E-state index in [4.69, 9.17) is 9.94 Å². The van der Waals surface area contributed by atoms with Gasteiger partial charge in [-0.2, -0.15) is 5.10 Å². The number of hydroxylamine groups is 1. The zero-order valence-corrected chi connectivity index (χ0v) is 14.6. The lowest BCUT2D eigenvalue weighted by molar-refractivity contribution is -0.116. The van der Waals surface area contributed by atoms with Crippen molar-refractivity contribution in [3.8, 4) is 16.3 Å². The van der Waals surface area contributed by atoms with E-state index in [0.29, 0.717) is 22.0 Å². The van der Waals surface area contributed by atoms with Crippen molar-refractivity contribution in [1.82, 2.24) is 15.3 Å². The minimum absolute atomic E-state index is 0.0482. The average Bonchev–Trinajstić information content (AvgIpc) is 3.30. The first-order valence-corrected chi connectivity index (χ1v) is 8.42. The molecule has 3 rings (SSSR count). The largest absolute Gasteiger partial charge is 0.497 e. The van der Waals surface area contributed by atoms with Crippen molar-refractivity contribution in [3.63, 3.8) is 0 Å². The van der Waals surface area contributed by atoms with Crippen molar-refractivity contribution in [2.24, 2.45) is 0 Å². The van der Waals surface area contributed by atoms with Gasteiger partial charge in [-0.25, -0.2) is 5.48 Å². The molecule has 134 valence electrons. The van der Waals surface area contributed by atoms with Gasteiger partial charge in [0, 0.05) is 18.0 Å². The molecule has 0 aliphatic rings. The van der Waals surface area contributed by atoms with Crippen molar-refractivity contribution >= 4 is 28.8 Å². The molecule has 0 spiro atoms. The van der Waals surface area contributed by atoms with Gasteiger partial charge in [-0.1, -0.05) is 6.07 Å². The van der Waals surface area contributed by atoms with Crippen LogP contribution in [0.4, 0.5) is 5.69 Å². The van der Waals surface area contributed by atoms with E-state index in [2.05, 4.69) is 10.4 Å². The summed E-state index contributed by atoms with van der Waals surface area (Å²) in [5.74, 6) is -0.137. The number of benzene rings is 1. The Balaban J connectivity index is 1.65. The van der Waals surface area contributed by atoms with E-state index in [1.165, 1.54) is 16.0 Å². The van der Waals surface area contributed by atoms with Crippen LogP contribution in [0.25, 0.3) is 10.6 Å². The summed E-state index contributed by atoms with van der Waals surface area (Å²) in [5, 5.41) is 15.8. The summed E-state index contributed by atoms with van der Waals surface area (Å²) in [6, 6.07) is 12.2. The number of nitrogens with one attached hydrogen (secondary N) is 2. The lowest BCUT2D eigenvalue weighted by atomic mass is 10.3. The van der Waals surface area contributed by atoms with Crippen LogP contribution >= 0.6 is 11.3 Å². The third-order valence-electron chi connectivity index (χ3n) is 3.48. The van der Waals surface area contributed by atoms with Crippen LogP contribution < -0.4 is 15.5 Å². The second kappa shape index (κ2) is 7.81. The molecule has 26 heavy (non-hydrogen) atoms. The van der Waals surface area contributed by atoms with Gasteiger partial charge >= 0.3 is 0 Å². The first kappa shape index (κ1) is 17.6. The highest BCUT2D eigenvalue weighted by atomic mass is 32.1. The Labute approximate surface area is 153 Å². The van der Waals surface area contributed by atoms with Gasteiger partial charge in [0.05, 0.1) is 16.9 Å². The minimum Gasteiger partial charge on any atom is -0.497 e. The summed E-state index contributed by atoms with van der Waals surface area (Å²) in [5.41, 5.74) is 2.87. The Morgan fingerprint density at radius 3 is 2.88 bits per heavy atom. The van der Waals surface area contributed by atoms with Gasteiger partial charge in [0.15, 0.2) is 0 Å². The SMILES string of the molecule is COc1cccc(NC(=O)Cn2ccc(-c3ccc(C(=O)NO)s3)n2)c1. The van der Waals surface area contributed by atoms with E-state index in [1.54, 1.807) is 61.3 Å².